The fraction of sp³-hybridized carbons (Fsp3) is 0.882. The van der Waals surface area contributed by atoms with Crippen LogP contribution in [0.25, 0.3) is 0 Å². The molecule has 18 heavy (non-hydrogen) atoms. The van der Waals surface area contributed by atoms with Gasteiger partial charge in [0.15, 0.2) is 0 Å². The molecule has 0 nitrogen and oxygen atoms in total. The molecule has 0 aromatic rings. The fourth-order valence-corrected chi connectivity index (χ4v) is 4.17. The lowest BCUT2D eigenvalue weighted by Gasteiger charge is -2.37. The molecule has 0 aromatic heterocycles. The Morgan fingerprint density at radius 1 is 0.889 bits per heavy atom. The first-order valence-corrected chi connectivity index (χ1v) is 7.94. The van der Waals surface area contributed by atoms with Crippen molar-refractivity contribution in [2.24, 2.45) is 23.7 Å². The van der Waals surface area contributed by atoms with Crippen molar-refractivity contribution in [3.8, 4) is 12.1 Å². The standard InChI is InChI=1S/C17H27F/c1-2-3-14-4-8-16(9-5-14)17-10-6-15(7-11-17)12-13-18/h14-17H,2-11H2,1H3. The fourth-order valence-electron chi connectivity index (χ4n) is 4.17. The molecule has 1 heteroatoms. The second-order valence-corrected chi connectivity index (χ2v) is 6.42. The van der Waals surface area contributed by atoms with Gasteiger partial charge in [0, 0.05) is 5.92 Å². The maximum absolute atomic E-state index is 12.0. The first-order valence-electron chi connectivity index (χ1n) is 7.94. The maximum atomic E-state index is 12.0. The zero-order valence-electron chi connectivity index (χ0n) is 11.8. The van der Waals surface area contributed by atoms with Crippen molar-refractivity contribution in [1.29, 1.82) is 0 Å². The largest absolute Gasteiger partial charge is 0.144 e. The van der Waals surface area contributed by atoms with Crippen LogP contribution in [0.2, 0.25) is 0 Å². The van der Waals surface area contributed by atoms with Crippen molar-refractivity contribution in [2.75, 3.05) is 0 Å². The van der Waals surface area contributed by atoms with Crippen LogP contribution in [0.3, 0.4) is 0 Å². The third-order valence-corrected chi connectivity index (χ3v) is 5.29. The first kappa shape index (κ1) is 13.9. The summed E-state index contributed by atoms with van der Waals surface area (Å²) >= 11 is 0. The zero-order chi connectivity index (χ0) is 12.8. The lowest BCUT2D eigenvalue weighted by molar-refractivity contribution is 0.153. The molecule has 2 fully saturated rings. The maximum Gasteiger partial charge on any atom is 0.105 e. The lowest BCUT2D eigenvalue weighted by Crippen LogP contribution is -2.25. The van der Waals surface area contributed by atoms with Crippen LogP contribution in [0.4, 0.5) is 4.39 Å². The summed E-state index contributed by atoms with van der Waals surface area (Å²) in [7, 11) is 0. The third kappa shape index (κ3) is 3.74. The van der Waals surface area contributed by atoms with Gasteiger partial charge in [0.2, 0.25) is 0 Å². The van der Waals surface area contributed by atoms with Gasteiger partial charge in [0.25, 0.3) is 0 Å². The molecule has 102 valence electrons. The predicted molar refractivity (Wildman–Crippen MR) is 74.7 cm³/mol. The molecule has 0 saturated heterocycles. The molecule has 0 unspecified atom stereocenters. The zero-order valence-corrected chi connectivity index (χ0v) is 11.8. The van der Waals surface area contributed by atoms with E-state index in [1.165, 1.54) is 51.4 Å². The Morgan fingerprint density at radius 2 is 1.44 bits per heavy atom. The van der Waals surface area contributed by atoms with Crippen molar-refractivity contribution in [3.63, 3.8) is 0 Å². The Labute approximate surface area is 112 Å². The molecule has 0 heterocycles. The molecule has 2 saturated carbocycles. The summed E-state index contributed by atoms with van der Waals surface area (Å²) in [6.45, 7) is 2.30. The normalized spacial score (nSPS) is 36.8. The van der Waals surface area contributed by atoms with Gasteiger partial charge in [-0.1, -0.05) is 38.5 Å². The predicted octanol–water partition coefficient (Wildman–Crippen LogP) is 5.33. The number of halogens is 1. The van der Waals surface area contributed by atoms with Gasteiger partial charge in [-0.05, 0) is 56.3 Å². The summed E-state index contributed by atoms with van der Waals surface area (Å²) in [6, 6.07) is 0. The molecule has 0 bridgehead atoms. The second-order valence-electron chi connectivity index (χ2n) is 6.42. The number of hydrogen-bond donors (Lipinski definition) is 0. The van der Waals surface area contributed by atoms with Crippen LogP contribution in [0.1, 0.15) is 71.1 Å². The van der Waals surface area contributed by atoms with E-state index in [4.69, 9.17) is 0 Å². The molecule has 0 spiro atoms. The quantitative estimate of drug-likeness (QED) is 0.594. The van der Waals surface area contributed by atoms with Crippen LogP contribution in [-0.2, 0) is 0 Å². The van der Waals surface area contributed by atoms with Crippen molar-refractivity contribution in [2.45, 2.75) is 71.1 Å². The Morgan fingerprint density at radius 3 is 1.94 bits per heavy atom. The number of rotatable bonds is 3. The summed E-state index contributed by atoms with van der Waals surface area (Å²) in [5, 5.41) is 0. The van der Waals surface area contributed by atoms with Crippen LogP contribution in [0, 0.1) is 35.8 Å². The van der Waals surface area contributed by atoms with E-state index in [1.807, 2.05) is 0 Å². The molecular formula is C17H27F. The Kier molecular flexibility index (Phi) is 5.54. The smallest absolute Gasteiger partial charge is 0.105 e. The van der Waals surface area contributed by atoms with Crippen molar-refractivity contribution in [1.82, 2.24) is 0 Å². The number of hydrogen-bond acceptors (Lipinski definition) is 0. The minimum absolute atomic E-state index is 0.350. The van der Waals surface area contributed by atoms with E-state index < -0.39 is 0 Å². The van der Waals surface area contributed by atoms with Crippen molar-refractivity contribution in [3.05, 3.63) is 0 Å². The minimum Gasteiger partial charge on any atom is -0.144 e. The summed E-state index contributed by atoms with van der Waals surface area (Å²) < 4.78 is 12.0. The summed E-state index contributed by atoms with van der Waals surface area (Å²) in [5.41, 5.74) is 0. The highest BCUT2D eigenvalue weighted by Crippen LogP contribution is 2.41. The highest BCUT2D eigenvalue weighted by atomic mass is 19.1. The van der Waals surface area contributed by atoms with Crippen LogP contribution >= 0.6 is 0 Å². The third-order valence-electron chi connectivity index (χ3n) is 5.29. The minimum atomic E-state index is 0.350. The van der Waals surface area contributed by atoms with Gasteiger partial charge in [-0.2, -0.15) is 0 Å². The molecule has 0 radical (unpaired) electrons. The molecule has 0 aromatic carbocycles. The van der Waals surface area contributed by atoms with Crippen molar-refractivity contribution < 1.29 is 4.39 Å². The molecule has 0 atom stereocenters. The van der Waals surface area contributed by atoms with E-state index in [-0.39, 0.29) is 0 Å². The molecule has 0 amide bonds. The molecule has 2 rings (SSSR count). The lowest BCUT2D eigenvalue weighted by atomic mass is 9.69. The van der Waals surface area contributed by atoms with E-state index in [9.17, 15) is 4.39 Å². The highest BCUT2D eigenvalue weighted by molar-refractivity contribution is 4.99. The van der Waals surface area contributed by atoms with Crippen LogP contribution < -0.4 is 0 Å². The van der Waals surface area contributed by atoms with Gasteiger partial charge < -0.3 is 0 Å². The summed E-state index contributed by atoms with van der Waals surface area (Å²) in [6.07, 6.45) is 15.1. The Balaban J connectivity index is 1.72. The van der Waals surface area contributed by atoms with Gasteiger partial charge in [-0.3, -0.25) is 0 Å². The van der Waals surface area contributed by atoms with Crippen LogP contribution in [0.5, 0.6) is 0 Å². The average Bonchev–Trinajstić information content (AvgIpc) is 2.41. The van der Waals surface area contributed by atoms with E-state index >= 15 is 0 Å². The molecular weight excluding hydrogens is 223 g/mol. The topological polar surface area (TPSA) is 0 Å². The van der Waals surface area contributed by atoms with Gasteiger partial charge in [0.05, 0.1) is 0 Å². The van der Waals surface area contributed by atoms with E-state index in [0.717, 1.165) is 30.6 Å². The van der Waals surface area contributed by atoms with E-state index in [1.54, 1.807) is 6.17 Å². The molecule has 0 N–H and O–H groups in total. The van der Waals surface area contributed by atoms with E-state index in [2.05, 4.69) is 12.8 Å². The summed E-state index contributed by atoms with van der Waals surface area (Å²) in [5.74, 6) is 5.97. The summed E-state index contributed by atoms with van der Waals surface area (Å²) in [4.78, 5) is 0. The van der Waals surface area contributed by atoms with Gasteiger partial charge >= 0.3 is 0 Å². The average molecular weight is 250 g/mol. The highest BCUT2D eigenvalue weighted by Gasteiger charge is 2.30. The van der Waals surface area contributed by atoms with Gasteiger partial charge in [0.1, 0.15) is 6.17 Å². The second kappa shape index (κ2) is 7.17. The monoisotopic (exact) mass is 250 g/mol. The van der Waals surface area contributed by atoms with Crippen LogP contribution in [-0.4, -0.2) is 0 Å². The van der Waals surface area contributed by atoms with Crippen LogP contribution in [0.15, 0.2) is 0 Å². The first-order chi connectivity index (χ1) is 8.83. The SMILES string of the molecule is CCCC1CCC(C2CCC(C#CF)CC2)CC1. The molecule has 0 aliphatic heterocycles. The van der Waals surface area contributed by atoms with Gasteiger partial charge in [-0.15, -0.1) is 4.39 Å². The van der Waals surface area contributed by atoms with Crippen molar-refractivity contribution >= 4 is 0 Å². The molecule has 2 aliphatic carbocycles. The van der Waals surface area contributed by atoms with E-state index in [0.29, 0.717) is 5.92 Å². The molecule has 2 aliphatic rings. The van der Waals surface area contributed by atoms with Gasteiger partial charge in [-0.25, -0.2) is 0 Å². The Bertz CT molecular complexity index is 282. The Hall–Kier alpha value is -0.510.